The lowest BCUT2D eigenvalue weighted by molar-refractivity contribution is 0.376. The third kappa shape index (κ3) is 2.88. The lowest BCUT2D eigenvalue weighted by atomic mass is 10.1. The second-order valence-corrected chi connectivity index (χ2v) is 5.58. The number of hydrogen-bond acceptors (Lipinski definition) is 4. The van der Waals surface area contributed by atoms with Crippen LogP contribution in [0.2, 0.25) is 0 Å². The zero-order valence-electron chi connectivity index (χ0n) is 10.4. The van der Waals surface area contributed by atoms with Gasteiger partial charge in [-0.25, -0.2) is 9.97 Å². The Kier molecular flexibility index (Phi) is 4.55. The van der Waals surface area contributed by atoms with E-state index in [2.05, 4.69) is 56.6 Å². The molecule has 0 saturated carbocycles. The molecule has 17 heavy (non-hydrogen) atoms. The van der Waals surface area contributed by atoms with Gasteiger partial charge in [0, 0.05) is 31.4 Å². The van der Waals surface area contributed by atoms with E-state index in [-0.39, 0.29) is 0 Å². The summed E-state index contributed by atoms with van der Waals surface area (Å²) in [6, 6.07) is 1.12. The summed E-state index contributed by atoms with van der Waals surface area (Å²) in [4.78, 5) is 11.0. The predicted molar refractivity (Wildman–Crippen MR) is 78.3 cm³/mol. The Labute approximate surface area is 116 Å². The van der Waals surface area contributed by atoms with Crippen molar-refractivity contribution in [3.63, 3.8) is 0 Å². The van der Waals surface area contributed by atoms with Gasteiger partial charge in [-0.1, -0.05) is 13.8 Å². The SMILES string of the molecule is CCC1CN(c2ncncc2I)C(CC)CN1. The van der Waals surface area contributed by atoms with Gasteiger partial charge in [0.05, 0.1) is 3.57 Å². The number of anilines is 1. The van der Waals surface area contributed by atoms with Crippen LogP contribution in [0.3, 0.4) is 0 Å². The van der Waals surface area contributed by atoms with E-state index in [4.69, 9.17) is 0 Å². The second kappa shape index (κ2) is 5.95. The van der Waals surface area contributed by atoms with Gasteiger partial charge in [-0.15, -0.1) is 0 Å². The fraction of sp³-hybridized carbons (Fsp3) is 0.667. The number of nitrogens with zero attached hydrogens (tertiary/aromatic N) is 3. The van der Waals surface area contributed by atoms with E-state index in [1.54, 1.807) is 6.33 Å². The van der Waals surface area contributed by atoms with Crippen LogP contribution in [0.25, 0.3) is 0 Å². The minimum atomic E-state index is 0.543. The smallest absolute Gasteiger partial charge is 0.145 e. The van der Waals surface area contributed by atoms with Gasteiger partial charge in [0.25, 0.3) is 0 Å². The van der Waals surface area contributed by atoms with Crippen LogP contribution in [-0.4, -0.2) is 35.1 Å². The van der Waals surface area contributed by atoms with Crippen LogP contribution in [0.1, 0.15) is 26.7 Å². The quantitative estimate of drug-likeness (QED) is 0.851. The van der Waals surface area contributed by atoms with E-state index >= 15 is 0 Å². The summed E-state index contributed by atoms with van der Waals surface area (Å²) >= 11 is 2.32. The minimum Gasteiger partial charge on any atom is -0.350 e. The molecule has 0 aliphatic carbocycles. The molecule has 2 heterocycles. The zero-order chi connectivity index (χ0) is 12.3. The molecular formula is C12H19IN4. The Hall–Kier alpha value is -0.430. The maximum Gasteiger partial charge on any atom is 0.145 e. The number of halogens is 1. The largest absolute Gasteiger partial charge is 0.350 e. The van der Waals surface area contributed by atoms with Crippen LogP contribution in [0.4, 0.5) is 5.82 Å². The van der Waals surface area contributed by atoms with E-state index in [1.165, 1.54) is 0 Å². The van der Waals surface area contributed by atoms with Gasteiger partial charge in [0.2, 0.25) is 0 Å². The molecule has 1 saturated heterocycles. The fourth-order valence-electron chi connectivity index (χ4n) is 2.28. The van der Waals surface area contributed by atoms with Crippen molar-refractivity contribution in [2.24, 2.45) is 0 Å². The normalized spacial score (nSPS) is 25.0. The number of hydrogen-bond donors (Lipinski definition) is 1. The lowest BCUT2D eigenvalue weighted by Crippen LogP contribution is -2.56. The van der Waals surface area contributed by atoms with Crippen LogP contribution < -0.4 is 10.2 Å². The Morgan fingerprint density at radius 1 is 1.47 bits per heavy atom. The fourth-order valence-corrected chi connectivity index (χ4v) is 2.89. The minimum absolute atomic E-state index is 0.543. The van der Waals surface area contributed by atoms with E-state index < -0.39 is 0 Å². The van der Waals surface area contributed by atoms with Gasteiger partial charge >= 0.3 is 0 Å². The van der Waals surface area contributed by atoms with Crippen molar-refractivity contribution >= 4 is 28.4 Å². The molecule has 5 heteroatoms. The van der Waals surface area contributed by atoms with Crippen molar-refractivity contribution in [3.8, 4) is 0 Å². The molecule has 1 N–H and O–H groups in total. The third-order valence-electron chi connectivity index (χ3n) is 3.38. The molecule has 0 aromatic carbocycles. The maximum atomic E-state index is 4.45. The highest BCUT2D eigenvalue weighted by Crippen LogP contribution is 2.24. The highest BCUT2D eigenvalue weighted by Gasteiger charge is 2.27. The number of nitrogens with one attached hydrogen (secondary N) is 1. The zero-order valence-corrected chi connectivity index (χ0v) is 12.5. The molecular weight excluding hydrogens is 327 g/mol. The topological polar surface area (TPSA) is 41.1 Å². The van der Waals surface area contributed by atoms with Crippen molar-refractivity contribution in [1.29, 1.82) is 0 Å². The molecule has 1 fully saturated rings. The van der Waals surface area contributed by atoms with Crippen molar-refractivity contribution in [1.82, 2.24) is 15.3 Å². The molecule has 0 bridgehead atoms. The molecule has 0 amide bonds. The summed E-state index contributed by atoms with van der Waals surface area (Å²) < 4.78 is 1.14. The molecule has 2 atom stereocenters. The number of piperazine rings is 1. The van der Waals surface area contributed by atoms with Crippen LogP contribution in [-0.2, 0) is 0 Å². The first kappa shape index (κ1) is 13.0. The Balaban J connectivity index is 2.23. The molecule has 4 nitrogen and oxygen atoms in total. The monoisotopic (exact) mass is 346 g/mol. The predicted octanol–water partition coefficient (Wildman–Crippen LogP) is 2.05. The standard InChI is InChI=1S/C12H19IN4/c1-3-9-7-17(10(4-2)5-15-9)12-11(13)6-14-8-16-12/h6,8-10,15H,3-5,7H2,1-2H3. The first-order chi connectivity index (χ1) is 8.26. The van der Waals surface area contributed by atoms with E-state index in [9.17, 15) is 0 Å². The third-order valence-corrected chi connectivity index (χ3v) is 4.15. The Bertz CT molecular complexity index is 371. The summed E-state index contributed by atoms with van der Waals surface area (Å²) in [5.74, 6) is 1.09. The summed E-state index contributed by atoms with van der Waals surface area (Å²) in [6.07, 6.45) is 5.84. The molecule has 1 aromatic rings. The molecule has 2 unspecified atom stereocenters. The van der Waals surface area contributed by atoms with E-state index in [0.717, 1.165) is 35.3 Å². The Morgan fingerprint density at radius 3 is 2.94 bits per heavy atom. The first-order valence-corrected chi connectivity index (χ1v) is 7.29. The highest BCUT2D eigenvalue weighted by molar-refractivity contribution is 14.1. The van der Waals surface area contributed by atoms with Crippen molar-refractivity contribution in [3.05, 3.63) is 16.1 Å². The van der Waals surface area contributed by atoms with Crippen molar-refractivity contribution in [2.45, 2.75) is 38.8 Å². The summed E-state index contributed by atoms with van der Waals surface area (Å²) in [5, 5.41) is 3.60. The number of aromatic nitrogens is 2. The lowest BCUT2D eigenvalue weighted by Gasteiger charge is -2.41. The van der Waals surface area contributed by atoms with E-state index in [0.29, 0.717) is 12.1 Å². The summed E-state index contributed by atoms with van der Waals surface area (Å²) in [6.45, 7) is 6.56. The molecule has 1 aromatic heterocycles. The summed E-state index contributed by atoms with van der Waals surface area (Å²) in [7, 11) is 0. The summed E-state index contributed by atoms with van der Waals surface area (Å²) in [5.41, 5.74) is 0. The highest BCUT2D eigenvalue weighted by atomic mass is 127. The maximum absolute atomic E-state index is 4.45. The van der Waals surface area contributed by atoms with Gasteiger partial charge < -0.3 is 10.2 Å². The van der Waals surface area contributed by atoms with Gasteiger partial charge in [-0.3, -0.25) is 0 Å². The van der Waals surface area contributed by atoms with E-state index in [1.807, 2.05) is 6.20 Å². The molecule has 0 radical (unpaired) electrons. The first-order valence-electron chi connectivity index (χ1n) is 6.21. The van der Waals surface area contributed by atoms with Crippen molar-refractivity contribution in [2.75, 3.05) is 18.0 Å². The molecule has 1 aliphatic heterocycles. The van der Waals surface area contributed by atoms with Crippen LogP contribution >= 0.6 is 22.6 Å². The van der Waals surface area contributed by atoms with Crippen LogP contribution in [0.15, 0.2) is 12.5 Å². The Morgan fingerprint density at radius 2 is 2.29 bits per heavy atom. The van der Waals surface area contributed by atoms with Gasteiger partial charge in [0.15, 0.2) is 0 Å². The molecule has 0 spiro atoms. The van der Waals surface area contributed by atoms with Gasteiger partial charge in [0.1, 0.15) is 12.1 Å². The van der Waals surface area contributed by atoms with Gasteiger partial charge in [-0.2, -0.15) is 0 Å². The second-order valence-electron chi connectivity index (χ2n) is 4.42. The average Bonchev–Trinajstić information content (AvgIpc) is 2.38. The average molecular weight is 346 g/mol. The van der Waals surface area contributed by atoms with Gasteiger partial charge in [-0.05, 0) is 35.4 Å². The number of rotatable bonds is 3. The van der Waals surface area contributed by atoms with Crippen LogP contribution in [0, 0.1) is 3.57 Å². The van der Waals surface area contributed by atoms with Crippen molar-refractivity contribution < 1.29 is 0 Å². The molecule has 94 valence electrons. The molecule has 1 aliphatic rings. The molecule has 2 rings (SSSR count). The van der Waals surface area contributed by atoms with Crippen LogP contribution in [0.5, 0.6) is 0 Å².